The van der Waals surface area contributed by atoms with Gasteiger partial charge in [-0.2, -0.15) is 0 Å². The first-order valence-corrected chi connectivity index (χ1v) is 4.73. The van der Waals surface area contributed by atoms with Crippen LogP contribution in [-0.4, -0.2) is 17.6 Å². The predicted octanol–water partition coefficient (Wildman–Crippen LogP) is 2.14. The fourth-order valence-electron chi connectivity index (χ4n) is 1.04. The third kappa shape index (κ3) is 2.57. The van der Waals surface area contributed by atoms with E-state index in [9.17, 15) is 18.4 Å². The van der Waals surface area contributed by atoms with Gasteiger partial charge in [0.1, 0.15) is 10.7 Å². The van der Waals surface area contributed by atoms with E-state index in [2.05, 4.69) is 9.72 Å². The number of alkyl halides is 2. The predicted molar refractivity (Wildman–Crippen MR) is 53.0 cm³/mol. The molecule has 0 bridgehead atoms. The van der Waals surface area contributed by atoms with Gasteiger partial charge in [-0.05, 0) is 13.0 Å². The number of esters is 1. The average Bonchev–Trinajstić information content (AvgIpc) is 2.21. The molecule has 0 fully saturated rings. The first-order chi connectivity index (χ1) is 7.47. The van der Waals surface area contributed by atoms with Crippen LogP contribution in [0.25, 0.3) is 0 Å². The summed E-state index contributed by atoms with van der Waals surface area (Å²) in [6.45, 7) is 1.63. The normalized spacial score (nSPS) is 10.6. The number of aromatic nitrogens is 1. The van der Waals surface area contributed by atoms with Crippen LogP contribution in [0.4, 0.5) is 8.78 Å². The second kappa shape index (κ2) is 5.07. The van der Waals surface area contributed by atoms with E-state index in [-0.39, 0.29) is 12.3 Å². The first-order valence-electron chi connectivity index (χ1n) is 4.35. The van der Waals surface area contributed by atoms with E-state index < -0.39 is 28.5 Å². The Morgan fingerprint density at radius 2 is 2.25 bits per heavy atom. The van der Waals surface area contributed by atoms with Crippen molar-refractivity contribution in [1.82, 2.24) is 4.98 Å². The molecule has 1 aromatic heterocycles. The molecule has 88 valence electrons. The summed E-state index contributed by atoms with van der Waals surface area (Å²) in [6.07, 6.45) is -2.93. The van der Waals surface area contributed by atoms with Gasteiger partial charge >= 0.3 is 5.97 Å². The van der Waals surface area contributed by atoms with Gasteiger partial charge in [0.15, 0.2) is 0 Å². The minimum atomic E-state index is -2.93. The van der Waals surface area contributed by atoms with Crippen LogP contribution in [0.5, 0.6) is 0 Å². The number of hydrogen-bond acceptors (Lipinski definition) is 3. The molecule has 0 saturated carbocycles. The number of hydrogen-bond donors (Lipinski definition) is 1. The van der Waals surface area contributed by atoms with E-state index in [1.807, 2.05) is 0 Å². The Balaban J connectivity index is 3.24. The van der Waals surface area contributed by atoms with Gasteiger partial charge in [0.2, 0.25) is 0 Å². The van der Waals surface area contributed by atoms with Crippen LogP contribution in [-0.2, 0) is 4.74 Å². The second-order valence-corrected chi connectivity index (χ2v) is 3.18. The summed E-state index contributed by atoms with van der Waals surface area (Å²) in [5.74, 6) is -0.877. The molecule has 0 radical (unpaired) electrons. The number of pyridine rings is 1. The third-order valence-corrected chi connectivity index (χ3v) is 2.12. The van der Waals surface area contributed by atoms with Crippen LogP contribution < -0.4 is 5.56 Å². The molecule has 1 rings (SSSR count). The molecular weight excluding hydrogens is 244 g/mol. The van der Waals surface area contributed by atoms with Crippen molar-refractivity contribution < 1.29 is 18.3 Å². The van der Waals surface area contributed by atoms with Crippen molar-refractivity contribution in [3.8, 4) is 0 Å². The van der Waals surface area contributed by atoms with E-state index in [1.54, 1.807) is 6.92 Å². The number of rotatable bonds is 3. The summed E-state index contributed by atoms with van der Waals surface area (Å²) >= 11 is 5.37. The van der Waals surface area contributed by atoms with Crippen molar-refractivity contribution in [2.24, 2.45) is 0 Å². The molecule has 7 heteroatoms. The van der Waals surface area contributed by atoms with Crippen LogP contribution in [0.15, 0.2) is 10.9 Å². The van der Waals surface area contributed by atoms with Crippen molar-refractivity contribution in [3.63, 3.8) is 0 Å². The van der Waals surface area contributed by atoms with Gasteiger partial charge in [-0.25, -0.2) is 13.6 Å². The fraction of sp³-hybridized carbons (Fsp3) is 0.333. The van der Waals surface area contributed by atoms with Crippen molar-refractivity contribution >= 4 is 17.6 Å². The molecule has 0 aromatic carbocycles. The van der Waals surface area contributed by atoms with Crippen LogP contribution in [0.2, 0.25) is 5.02 Å². The molecule has 0 aliphatic heterocycles. The molecule has 0 unspecified atom stereocenters. The summed E-state index contributed by atoms with van der Waals surface area (Å²) in [5, 5.41) is -0.622. The molecule has 0 aliphatic carbocycles. The minimum absolute atomic E-state index is 0.0769. The molecule has 0 atom stereocenters. The maximum Gasteiger partial charge on any atom is 0.354 e. The Morgan fingerprint density at radius 1 is 1.62 bits per heavy atom. The molecule has 1 N–H and O–H groups in total. The zero-order chi connectivity index (χ0) is 12.3. The van der Waals surface area contributed by atoms with E-state index in [0.717, 1.165) is 6.07 Å². The monoisotopic (exact) mass is 251 g/mol. The molecule has 0 spiro atoms. The summed E-state index contributed by atoms with van der Waals surface area (Å²) in [4.78, 5) is 24.4. The Morgan fingerprint density at radius 3 is 2.75 bits per heavy atom. The molecule has 1 heterocycles. The number of H-pyrrole nitrogens is 1. The van der Waals surface area contributed by atoms with E-state index in [4.69, 9.17) is 11.6 Å². The smallest absolute Gasteiger partial charge is 0.354 e. The molecule has 0 aliphatic rings. The number of aromatic amines is 1. The van der Waals surface area contributed by atoms with Crippen molar-refractivity contribution in [3.05, 3.63) is 32.7 Å². The summed E-state index contributed by atoms with van der Waals surface area (Å²) in [6, 6.07) is 0.812. The van der Waals surface area contributed by atoms with Gasteiger partial charge in [-0.1, -0.05) is 11.6 Å². The van der Waals surface area contributed by atoms with E-state index >= 15 is 0 Å². The van der Waals surface area contributed by atoms with Crippen LogP contribution >= 0.6 is 11.6 Å². The Hall–Kier alpha value is -1.43. The molecule has 4 nitrogen and oxygen atoms in total. The standard InChI is InChI=1S/C9H8ClF2NO3/c1-2-16-9(15)5-3-4(7(11)12)6(10)8(14)13-5/h3,7H,2H2,1H3,(H,13,14). The molecule has 0 amide bonds. The first kappa shape index (κ1) is 12.6. The largest absolute Gasteiger partial charge is 0.461 e. The van der Waals surface area contributed by atoms with E-state index in [1.165, 1.54) is 0 Å². The van der Waals surface area contributed by atoms with Crippen molar-refractivity contribution in [1.29, 1.82) is 0 Å². The Kier molecular flexibility index (Phi) is 4.00. The number of carbonyl (C=O) groups excluding carboxylic acids is 1. The Labute approximate surface area is 94.2 Å². The lowest BCUT2D eigenvalue weighted by Crippen LogP contribution is -2.17. The summed E-state index contributed by atoms with van der Waals surface area (Å²) in [7, 11) is 0. The maximum atomic E-state index is 12.4. The lowest BCUT2D eigenvalue weighted by Gasteiger charge is -2.05. The van der Waals surface area contributed by atoms with Gasteiger partial charge in [0.25, 0.3) is 12.0 Å². The third-order valence-electron chi connectivity index (χ3n) is 1.73. The lowest BCUT2D eigenvalue weighted by atomic mass is 10.2. The lowest BCUT2D eigenvalue weighted by molar-refractivity contribution is 0.0518. The number of halogens is 3. The number of carbonyl (C=O) groups is 1. The van der Waals surface area contributed by atoms with Gasteiger partial charge in [-0.15, -0.1) is 0 Å². The second-order valence-electron chi connectivity index (χ2n) is 2.80. The highest BCUT2D eigenvalue weighted by Gasteiger charge is 2.19. The maximum absolute atomic E-state index is 12.4. The van der Waals surface area contributed by atoms with Gasteiger partial charge in [-0.3, -0.25) is 4.79 Å². The van der Waals surface area contributed by atoms with Crippen LogP contribution in [0.1, 0.15) is 29.4 Å². The molecule has 16 heavy (non-hydrogen) atoms. The SMILES string of the molecule is CCOC(=O)c1cc(C(F)F)c(Cl)c(=O)[nH]1. The van der Waals surface area contributed by atoms with Crippen LogP contribution in [0, 0.1) is 0 Å². The van der Waals surface area contributed by atoms with Crippen LogP contribution in [0.3, 0.4) is 0 Å². The zero-order valence-electron chi connectivity index (χ0n) is 8.22. The summed E-state index contributed by atoms with van der Waals surface area (Å²) < 4.78 is 29.5. The zero-order valence-corrected chi connectivity index (χ0v) is 8.98. The number of ether oxygens (including phenoxy) is 1. The highest BCUT2D eigenvalue weighted by Crippen LogP contribution is 2.24. The van der Waals surface area contributed by atoms with Crippen molar-refractivity contribution in [2.75, 3.05) is 6.61 Å². The molecular formula is C9H8ClF2NO3. The van der Waals surface area contributed by atoms with Gasteiger partial charge in [0.05, 0.1) is 6.61 Å². The van der Waals surface area contributed by atoms with Crippen molar-refractivity contribution in [2.45, 2.75) is 13.3 Å². The molecule has 1 aromatic rings. The minimum Gasteiger partial charge on any atom is -0.461 e. The topological polar surface area (TPSA) is 59.2 Å². The molecule has 0 saturated heterocycles. The number of nitrogens with one attached hydrogen (secondary N) is 1. The summed E-state index contributed by atoms with van der Waals surface area (Å²) in [5.41, 5.74) is -1.97. The highest BCUT2D eigenvalue weighted by molar-refractivity contribution is 6.31. The quantitative estimate of drug-likeness (QED) is 0.838. The Bertz CT molecular complexity index is 459. The van der Waals surface area contributed by atoms with Gasteiger partial charge < -0.3 is 9.72 Å². The van der Waals surface area contributed by atoms with E-state index in [0.29, 0.717) is 0 Å². The fourth-order valence-corrected chi connectivity index (χ4v) is 1.23. The highest BCUT2D eigenvalue weighted by atomic mass is 35.5. The van der Waals surface area contributed by atoms with Gasteiger partial charge in [0, 0.05) is 5.56 Å². The average molecular weight is 252 g/mol.